The van der Waals surface area contributed by atoms with E-state index in [9.17, 15) is 14.4 Å². The van der Waals surface area contributed by atoms with Crippen LogP contribution in [0, 0.1) is 6.92 Å². The molecule has 0 aliphatic carbocycles. The van der Waals surface area contributed by atoms with Crippen molar-refractivity contribution in [2.45, 2.75) is 32.7 Å². The molecule has 0 bridgehead atoms. The highest BCUT2D eigenvalue weighted by atomic mass is 16.2. The third-order valence-electron chi connectivity index (χ3n) is 5.35. The largest absolute Gasteiger partial charge is 0.357 e. The van der Waals surface area contributed by atoms with Crippen LogP contribution in [0.15, 0.2) is 36.4 Å². The number of imide groups is 1. The van der Waals surface area contributed by atoms with E-state index in [4.69, 9.17) is 0 Å². The van der Waals surface area contributed by atoms with Crippen molar-refractivity contribution in [1.82, 2.24) is 9.88 Å². The molecule has 1 aromatic carbocycles. The number of aromatic nitrogens is 1. The van der Waals surface area contributed by atoms with Crippen molar-refractivity contribution < 1.29 is 14.4 Å². The van der Waals surface area contributed by atoms with Crippen LogP contribution in [-0.4, -0.2) is 46.7 Å². The molecule has 0 radical (unpaired) electrons. The molecule has 4 rings (SSSR count). The van der Waals surface area contributed by atoms with Gasteiger partial charge in [-0.2, -0.15) is 0 Å². The summed E-state index contributed by atoms with van der Waals surface area (Å²) in [5.74, 6) is -0.403. The number of aryl methyl sites for hydroxylation is 1. The van der Waals surface area contributed by atoms with Gasteiger partial charge in [0.1, 0.15) is 11.9 Å². The molecular weight excluding hydrogens is 356 g/mol. The molecule has 2 aliphatic rings. The molecular formula is C21H22N4O3. The van der Waals surface area contributed by atoms with Crippen LogP contribution < -0.4 is 10.2 Å². The Hall–Kier alpha value is -3.22. The summed E-state index contributed by atoms with van der Waals surface area (Å²) in [5, 5.41) is 2.81. The first-order valence-corrected chi connectivity index (χ1v) is 9.48. The maximum Gasteiger partial charge on any atom is 0.262 e. The molecule has 3 amide bonds. The van der Waals surface area contributed by atoms with Gasteiger partial charge in [0, 0.05) is 13.1 Å². The Morgan fingerprint density at radius 3 is 2.21 bits per heavy atom. The lowest BCUT2D eigenvalue weighted by atomic mass is 10.1. The Morgan fingerprint density at radius 1 is 1.04 bits per heavy atom. The van der Waals surface area contributed by atoms with E-state index in [1.807, 2.05) is 19.1 Å². The maximum atomic E-state index is 12.7. The summed E-state index contributed by atoms with van der Waals surface area (Å²) in [7, 11) is 0. The molecule has 144 valence electrons. The van der Waals surface area contributed by atoms with Crippen LogP contribution in [0.3, 0.4) is 0 Å². The van der Waals surface area contributed by atoms with E-state index in [0.29, 0.717) is 22.5 Å². The van der Waals surface area contributed by atoms with E-state index in [2.05, 4.69) is 15.2 Å². The van der Waals surface area contributed by atoms with Gasteiger partial charge in [0.25, 0.3) is 11.8 Å². The zero-order valence-corrected chi connectivity index (χ0v) is 15.9. The van der Waals surface area contributed by atoms with Gasteiger partial charge < -0.3 is 10.2 Å². The summed E-state index contributed by atoms with van der Waals surface area (Å²) >= 11 is 0. The monoisotopic (exact) mass is 378 g/mol. The smallest absolute Gasteiger partial charge is 0.262 e. The lowest BCUT2D eigenvalue weighted by molar-refractivity contribution is -0.119. The molecule has 1 fully saturated rings. The molecule has 7 nitrogen and oxygen atoms in total. The van der Waals surface area contributed by atoms with Crippen LogP contribution >= 0.6 is 0 Å². The molecule has 1 saturated heterocycles. The average molecular weight is 378 g/mol. The van der Waals surface area contributed by atoms with Crippen LogP contribution in [0.25, 0.3) is 0 Å². The van der Waals surface area contributed by atoms with Gasteiger partial charge in [-0.3, -0.25) is 19.3 Å². The number of fused-ring (bicyclic) bond motifs is 1. The van der Waals surface area contributed by atoms with Crippen molar-refractivity contribution in [3.8, 4) is 0 Å². The molecule has 3 heterocycles. The maximum absolute atomic E-state index is 12.7. The van der Waals surface area contributed by atoms with E-state index in [1.54, 1.807) is 31.2 Å². The summed E-state index contributed by atoms with van der Waals surface area (Å²) in [5.41, 5.74) is 1.95. The summed E-state index contributed by atoms with van der Waals surface area (Å²) in [6.45, 7) is 5.38. The molecule has 2 aromatic rings. The minimum absolute atomic E-state index is 0.333. The van der Waals surface area contributed by atoms with Crippen molar-refractivity contribution in [2.75, 3.05) is 23.3 Å². The first-order chi connectivity index (χ1) is 13.5. The number of carbonyl (C=O) groups is 3. The van der Waals surface area contributed by atoms with Gasteiger partial charge in [-0.05, 0) is 51.0 Å². The van der Waals surface area contributed by atoms with Crippen LogP contribution in [0.5, 0.6) is 0 Å². The summed E-state index contributed by atoms with van der Waals surface area (Å²) < 4.78 is 0. The average Bonchev–Trinajstić information content (AvgIpc) is 3.31. The zero-order chi connectivity index (χ0) is 19.8. The van der Waals surface area contributed by atoms with Gasteiger partial charge in [-0.1, -0.05) is 12.1 Å². The number of nitrogens with one attached hydrogen (secondary N) is 1. The minimum Gasteiger partial charge on any atom is -0.357 e. The second-order valence-corrected chi connectivity index (χ2v) is 7.19. The molecule has 1 atom stereocenters. The number of benzene rings is 1. The summed E-state index contributed by atoms with van der Waals surface area (Å²) in [6.07, 6.45) is 2.33. The van der Waals surface area contributed by atoms with Crippen molar-refractivity contribution in [3.05, 3.63) is 53.2 Å². The van der Waals surface area contributed by atoms with E-state index < -0.39 is 23.8 Å². The molecule has 0 saturated carbocycles. The highest BCUT2D eigenvalue weighted by Crippen LogP contribution is 2.26. The van der Waals surface area contributed by atoms with Gasteiger partial charge in [0.2, 0.25) is 5.91 Å². The van der Waals surface area contributed by atoms with Crippen molar-refractivity contribution in [3.63, 3.8) is 0 Å². The quantitative estimate of drug-likeness (QED) is 0.827. The lowest BCUT2D eigenvalue weighted by Crippen LogP contribution is -2.45. The highest BCUT2D eigenvalue weighted by Gasteiger charge is 2.40. The fourth-order valence-electron chi connectivity index (χ4n) is 3.72. The summed E-state index contributed by atoms with van der Waals surface area (Å²) in [4.78, 5) is 45.7. The highest BCUT2D eigenvalue weighted by molar-refractivity contribution is 6.23. The molecule has 28 heavy (non-hydrogen) atoms. The van der Waals surface area contributed by atoms with Gasteiger partial charge in [-0.25, -0.2) is 4.98 Å². The normalized spacial score (nSPS) is 17.1. The van der Waals surface area contributed by atoms with Gasteiger partial charge in [0.15, 0.2) is 0 Å². The second-order valence-electron chi connectivity index (χ2n) is 7.19. The standard InChI is InChI=1S/C21H22N4O3/c1-13-17(9-10-18(22-13)24-11-5-6-12-24)23-19(26)14(2)25-20(27)15-7-3-4-8-16(15)21(25)28/h3-4,7-10,14H,5-6,11-12H2,1-2H3,(H,23,26). The van der Waals surface area contributed by atoms with Crippen molar-refractivity contribution in [1.29, 1.82) is 0 Å². The Bertz CT molecular complexity index is 931. The topological polar surface area (TPSA) is 82.6 Å². The number of nitrogens with zero attached hydrogens (tertiary/aromatic N) is 3. The van der Waals surface area contributed by atoms with Gasteiger partial charge in [0.05, 0.1) is 22.5 Å². The molecule has 1 aromatic heterocycles. The van der Waals surface area contributed by atoms with Gasteiger partial charge in [-0.15, -0.1) is 0 Å². The fraction of sp³-hybridized carbons (Fsp3) is 0.333. The number of pyridine rings is 1. The predicted molar refractivity (Wildman–Crippen MR) is 105 cm³/mol. The third kappa shape index (κ3) is 3.02. The van der Waals surface area contributed by atoms with Gasteiger partial charge >= 0.3 is 0 Å². The number of hydrogen-bond donors (Lipinski definition) is 1. The third-order valence-corrected chi connectivity index (χ3v) is 5.35. The van der Waals surface area contributed by atoms with E-state index in [-0.39, 0.29) is 0 Å². The van der Waals surface area contributed by atoms with Crippen LogP contribution in [0.4, 0.5) is 11.5 Å². The SMILES string of the molecule is Cc1nc(N2CCCC2)ccc1NC(=O)C(C)N1C(=O)c2ccccc2C1=O. The lowest BCUT2D eigenvalue weighted by Gasteiger charge is -2.22. The van der Waals surface area contributed by atoms with Crippen LogP contribution in [0.1, 0.15) is 46.2 Å². The minimum atomic E-state index is -0.926. The molecule has 2 aliphatic heterocycles. The van der Waals surface area contributed by atoms with Crippen molar-refractivity contribution >= 4 is 29.2 Å². The van der Waals surface area contributed by atoms with E-state index in [1.165, 1.54) is 0 Å². The Labute approximate surface area is 163 Å². The number of hydrogen-bond acceptors (Lipinski definition) is 5. The molecule has 0 spiro atoms. The number of carbonyl (C=O) groups excluding carboxylic acids is 3. The Kier molecular flexibility index (Phi) is 4.58. The van der Waals surface area contributed by atoms with Crippen LogP contribution in [-0.2, 0) is 4.79 Å². The first-order valence-electron chi connectivity index (χ1n) is 9.48. The van der Waals surface area contributed by atoms with Crippen molar-refractivity contribution in [2.24, 2.45) is 0 Å². The predicted octanol–water partition coefficient (Wildman–Crippen LogP) is 2.61. The molecule has 7 heteroatoms. The summed E-state index contributed by atoms with van der Waals surface area (Å²) in [6, 6.07) is 9.40. The number of rotatable bonds is 4. The molecule has 1 N–H and O–H groups in total. The first kappa shape index (κ1) is 18.2. The number of anilines is 2. The Morgan fingerprint density at radius 2 is 1.64 bits per heavy atom. The fourth-order valence-corrected chi connectivity index (χ4v) is 3.72. The van der Waals surface area contributed by atoms with E-state index in [0.717, 1.165) is 36.6 Å². The zero-order valence-electron chi connectivity index (χ0n) is 15.9. The van der Waals surface area contributed by atoms with Crippen LogP contribution in [0.2, 0.25) is 0 Å². The second kappa shape index (κ2) is 7.07. The van der Waals surface area contributed by atoms with E-state index >= 15 is 0 Å². The molecule has 1 unspecified atom stereocenters. The Balaban J connectivity index is 1.49. The number of amides is 3.